The van der Waals surface area contributed by atoms with Crippen molar-refractivity contribution < 1.29 is 14.7 Å². The van der Waals surface area contributed by atoms with Crippen LogP contribution in [0.15, 0.2) is 48.5 Å². The number of aliphatic hydroxyl groups excluding tert-OH is 1. The average Bonchev–Trinajstić information content (AvgIpc) is 2.86. The number of imide groups is 1. The summed E-state index contributed by atoms with van der Waals surface area (Å²) in [6.45, 7) is 0. The molecular formula is C16H13ClN2O3. The van der Waals surface area contributed by atoms with Gasteiger partial charge in [0.15, 0.2) is 0 Å². The Balaban J connectivity index is 1.80. The number of halogens is 1. The van der Waals surface area contributed by atoms with Gasteiger partial charge < -0.3 is 10.4 Å². The van der Waals surface area contributed by atoms with Gasteiger partial charge in [-0.1, -0.05) is 48.0 Å². The molecule has 1 aliphatic rings. The molecular weight excluding hydrogens is 304 g/mol. The summed E-state index contributed by atoms with van der Waals surface area (Å²) in [7, 11) is 0. The third kappa shape index (κ3) is 2.81. The van der Waals surface area contributed by atoms with Gasteiger partial charge in [0, 0.05) is 5.02 Å². The van der Waals surface area contributed by atoms with Gasteiger partial charge in [-0.15, -0.1) is 0 Å². The lowest BCUT2D eigenvalue weighted by atomic mass is 9.98. The molecule has 0 radical (unpaired) electrons. The summed E-state index contributed by atoms with van der Waals surface area (Å²) >= 11 is 5.86. The van der Waals surface area contributed by atoms with Crippen LogP contribution in [0.25, 0.3) is 11.1 Å². The van der Waals surface area contributed by atoms with Crippen LogP contribution in [0.5, 0.6) is 0 Å². The number of urea groups is 1. The number of rotatable bonds is 3. The van der Waals surface area contributed by atoms with Crippen molar-refractivity contribution in [2.75, 3.05) is 0 Å². The summed E-state index contributed by atoms with van der Waals surface area (Å²) in [5.74, 6) is -0.528. The summed E-state index contributed by atoms with van der Waals surface area (Å²) in [4.78, 5) is 22.7. The monoisotopic (exact) mass is 316 g/mol. The quantitative estimate of drug-likeness (QED) is 0.760. The molecule has 2 aromatic rings. The van der Waals surface area contributed by atoms with Gasteiger partial charge in [-0.2, -0.15) is 0 Å². The molecule has 3 N–H and O–H groups in total. The topological polar surface area (TPSA) is 78.4 Å². The van der Waals surface area contributed by atoms with Gasteiger partial charge in [0.25, 0.3) is 5.91 Å². The fourth-order valence-corrected chi connectivity index (χ4v) is 2.49. The normalized spacial score (nSPS) is 18.7. The first-order valence-electron chi connectivity index (χ1n) is 6.70. The highest BCUT2D eigenvalue weighted by molar-refractivity contribution is 6.30. The zero-order valence-corrected chi connectivity index (χ0v) is 12.2. The molecule has 0 saturated carbocycles. The van der Waals surface area contributed by atoms with Crippen LogP contribution in [0.4, 0.5) is 4.79 Å². The number of hydrogen-bond donors (Lipinski definition) is 3. The first-order chi connectivity index (χ1) is 10.5. The molecule has 2 aromatic carbocycles. The van der Waals surface area contributed by atoms with Crippen LogP contribution in [-0.2, 0) is 4.79 Å². The van der Waals surface area contributed by atoms with Gasteiger partial charge in [0.1, 0.15) is 12.1 Å². The lowest BCUT2D eigenvalue weighted by Crippen LogP contribution is -2.35. The maximum Gasteiger partial charge on any atom is 0.322 e. The third-order valence-corrected chi connectivity index (χ3v) is 3.80. The van der Waals surface area contributed by atoms with E-state index in [2.05, 4.69) is 10.6 Å². The number of carbonyl (C=O) groups excluding carboxylic acids is 2. The Bertz CT molecular complexity index is 713. The predicted molar refractivity (Wildman–Crippen MR) is 82.3 cm³/mol. The molecule has 5 nitrogen and oxygen atoms in total. The van der Waals surface area contributed by atoms with E-state index in [-0.39, 0.29) is 0 Å². The second-order valence-electron chi connectivity index (χ2n) is 5.01. The van der Waals surface area contributed by atoms with Gasteiger partial charge in [-0.05, 0) is 28.8 Å². The molecule has 1 fully saturated rings. The minimum Gasteiger partial charge on any atom is -0.386 e. The molecule has 6 heteroatoms. The first kappa shape index (κ1) is 14.6. The Morgan fingerprint density at radius 2 is 1.50 bits per heavy atom. The van der Waals surface area contributed by atoms with E-state index < -0.39 is 24.1 Å². The smallest absolute Gasteiger partial charge is 0.322 e. The number of carbonyl (C=O) groups is 2. The van der Waals surface area contributed by atoms with Crippen molar-refractivity contribution in [3.63, 3.8) is 0 Å². The van der Waals surface area contributed by atoms with E-state index in [1.165, 1.54) is 0 Å². The van der Waals surface area contributed by atoms with Crippen LogP contribution in [0.2, 0.25) is 5.02 Å². The average molecular weight is 317 g/mol. The van der Waals surface area contributed by atoms with Crippen LogP contribution < -0.4 is 10.6 Å². The molecule has 0 bridgehead atoms. The number of amides is 3. The van der Waals surface area contributed by atoms with E-state index >= 15 is 0 Å². The molecule has 1 aliphatic heterocycles. The van der Waals surface area contributed by atoms with E-state index in [1.807, 2.05) is 24.3 Å². The van der Waals surface area contributed by atoms with E-state index in [0.717, 1.165) is 11.1 Å². The largest absolute Gasteiger partial charge is 0.386 e. The summed E-state index contributed by atoms with van der Waals surface area (Å²) in [5, 5.41) is 15.4. The number of hydrogen-bond acceptors (Lipinski definition) is 3. The van der Waals surface area contributed by atoms with E-state index in [0.29, 0.717) is 10.6 Å². The number of nitrogens with one attached hydrogen (secondary N) is 2. The third-order valence-electron chi connectivity index (χ3n) is 3.55. The zero-order chi connectivity index (χ0) is 15.7. The SMILES string of the molecule is O=C1NC(=O)C(C(O)c2ccc(-c3ccc(Cl)cc3)cc2)N1. The van der Waals surface area contributed by atoms with Crippen LogP contribution in [0, 0.1) is 0 Å². The summed E-state index contributed by atoms with van der Waals surface area (Å²) in [6.07, 6.45) is -1.09. The summed E-state index contributed by atoms with van der Waals surface area (Å²) in [6, 6.07) is 13.0. The van der Waals surface area contributed by atoms with Crippen LogP contribution in [0.3, 0.4) is 0 Å². The molecule has 1 heterocycles. The van der Waals surface area contributed by atoms with Crippen molar-refractivity contribution in [1.29, 1.82) is 0 Å². The summed E-state index contributed by atoms with van der Waals surface area (Å²) < 4.78 is 0. The van der Waals surface area contributed by atoms with Crippen molar-refractivity contribution in [2.24, 2.45) is 0 Å². The number of benzene rings is 2. The summed E-state index contributed by atoms with van der Waals surface area (Å²) in [5.41, 5.74) is 2.52. The predicted octanol–water partition coefficient (Wildman–Crippen LogP) is 2.25. The van der Waals surface area contributed by atoms with Gasteiger partial charge in [0.05, 0.1) is 0 Å². The highest BCUT2D eigenvalue weighted by Crippen LogP contribution is 2.25. The van der Waals surface area contributed by atoms with E-state index in [1.54, 1.807) is 24.3 Å². The van der Waals surface area contributed by atoms with Crippen molar-refractivity contribution in [3.8, 4) is 11.1 Å². The van der Waals surface area contributed by atoms with Crippen LogP contribution >= 0.6 is 11.6 Å². The standard InChI is InChI=1S/C16H13ClN2O3/c17-12-7-5-10(6-8-12)9-1-3-11(4-2-9)14(20)13-15(21)19-16(22)18-13/h1-8,13-14,20H,(H2,18,19,21,22). The van der Waals surface area contributed by atoms with Crippen molar-refractivity contribution in [3.05, 3.63) is 59.1 Å². The Kier molecular flexibility index (Phi) is 3.83. The van der Waals surface area contributed by atoms with Crippen molar-refractivity contribution in [1.82, 2.24) is 10.6 Å². The van der Waals surface area contributed by atoms with Crippen LogP contribution in [0.1, 0.15) is 11.7 Å². The Hall–Kier alpha value is -2.37. The van der Waals surface area contributed by atoms with E-state index in [4.69, 9.17) is 11.6 Å². The fourth-order valence-electron chi connectivity index (χ4n) is 2.36. The molecule has 22 heavy (non-hydrogen) atoms. The molecule has 2 atom stereocenters. The fraction of sp³-hybridized carbons (Fsp3) is 0.125. The second kappa shape index (κ2) is 5.79. The molecule has 3 rings (SSSR count). The van der Waals surface area contributed by atoms with Gasteiger partial charge >= 0.3 is 6.03 Å². The van der Waals surface area contributed by atoms with Gasteiger partial charge in [-0.25, -0.2) is 4.79 Å². The molecule has 0 aliphatic carbocycles. The Labute approximate surface area is 131 Å². The highest BCUT2D eigenvalue weighted by Gasteiger charge is 2.35. The number of aliphatic hydroxyl groups is 1. The zero-order valence-electron chi connectivity index (χ0n) is 11.4. The lowest BCUT2D eigenvalue weighted by molar-refractivity contribution is -0.122. The molecule has 0 spiro atoms. The Morgan fingerprint density at radius 3 is 2.00 bits per heavy atom. The minimum atomic E-state index is -1.09. The first-order valence-corrected chi connectivity index (χ1v) is 7.08. The molecule has 112 valence electrons. The molecule has 2 unspecified atom stereocenters. The van der Waals surface area contributed by atoms with Crippen molar-refractivity contribution >= 4 is 23.5 Å². The van der Waals surface area contributed by atoms with Crippen LogP contribution in [-0.4, -0.2) is 23.1 Å². The second-order valence-corrected chi connectivity index (χ2v) is 5.45. The highest BCUT2D eigenvalue weighted by atomic mass is 35.5. The molecule has 1 saturated heterocycles. The van der Waals surface area contributed by atoms with Gasteiger partial charge in [0.2, 0.25) is 0 Å². The lowest BCUT2D eigenvalue weighted by Gasteiger charge is -2.16. The maximum atomic E-state index is 11.6. The molecule has 3 amide bonds. The van der Waals surface area contributed by atoms with Gasteiger partial charge in [-0.3, -0.25) is 10.1 Å². The maximum absolute atomic E-state index is 11.6. The van der Waals surface area contributed by atoms with E-state index in [9.17, 15) is 14.7 Å². The van der Waals surface area contributed by atoms with Crippen molar-refractivity contribution in [2.45, 2.75) is 12.1 Å². The molecule has 0 aromatic heterocycles. The Morgan fingerprint density at radius 1 is 0.955 bits per heavy atom. The minimum absolute atomic E-state index is 0.528.